The highest BCUT2D eigenvalue weighted by atomic mass is 16.4. The molecule has 0 spiro atoms. The number of aromatic carboxylic acids is 1. The lowest BCUT2D eigenvalue weighted by molar-refractivity contribution is -0.114. The van der Waals surface area contributed by atoms with E-state index in [0.29, 0.717) is 5.71 Å². The lowest BCUT2D eigenvalue weighted by Crippen LogP contribution is -2.13. The normalized spacial score (nSPS) is 13.7. The van der Waals surface area contributed by atoms with Crippen molar-refractivity contribution in [2.45, 2.75) is 13.8 Å². The van der Waals surface area contributed by atoms with Crippen LogP contribution in [0.4, 0.5) is 5.69 Å². The molecule has 1 aliphatic heterocycles. The fraction of sp³-hybridized carbons (Fsp3) is 0.167. The molecule has 0 saturated heterocycles. The van der Waals surface area contributed by atoms with Gasteiger partial charge < -0.3 is 10.4 Å². The number of fused-ring (bicyclic) bond motifs is 1. The Balaban J connectivity index is 2.13. The summed E-state index contributed by atoms with van der Waals surface area (Å²) in [6.45, 7) is 4.04. The number of carbonyl (C=O) groups excluding carboxylic acids is 1. The molecule has 1 aliphatic rings. The highest BCUT2D eigenvalue weighted by molar-refractivity contribution is 6.19. The van der Waals surface area contributed by atoms with Crippen molar-refractivity contribution in [2.24, 2.45) is 4.99 Å². The molecule has 2 aromatic carbocycles. The van der Waals surface area contributed by atoms with Crippen LogP contribution in [-0.2, 0) is 4.79 Å². The number of hydrogen-bond acceptors (Lipinski definition) is 3. The average molecular weight is 308 g/mol. The minimum absolute atomic E-state index is 0.0444. The Morgan fingerprint density at radius 1 is 1.13 bits per heavy atom. The van der Waals surface area contributed by atoms with Gasteiger partial charge in [0.1, 0.15) is 6.54 Å². The van der Waals surface area contributed by atoms with Crippen LogP contribution in [0.15, 0.2) is 41.4 Å². The SMILES string of the molecule is Cc1cc2c(cc1C)C(c1ccc(C(=O)O)cc1)=NCC(=O)N2. The second kappa shape index (κ2) is 5.68. The number of benzene rings is 2. The highest BCUT2D eigenvalue weighted by Crippen LogP contribution is 2.26. The number of nitrogens with zero attached hydrogens (tertiary/aromatic N) is 1. The summed E-state index contributed by atoms with van der Waals surface area (Å²) in [6, 6.07) is 10.5. The topological polar surface area (TPSA) is 78.8 Å². The molecule has 0 aromatic heterocycles. The number of rotatable bonds is 2. The maximum atomic E-state index is 11.9. The zero-order valence-corrected chi connectivity index (χ0v) is 12.9. The molecule has 0 fully saturated rings. The molecule has 2 aromatic rings. The van der Waals surface area contributed by atoms with Crippen molar-refractivity contribution in [2.75, 3.05) is 11.9 Å². The van der Waals surface area contributed by atoms with Crippen LogP contribution in [0.5, 0.6) is 0 Å². The summed E-state index contributed by atoms with van der Waals surface area (Å²) in [5, 5.41) is 11.9. The fourth-order valence-corrected chi connectivity index (χ4v) is 2.56. The molecule has 0 aliphatic carbocycles. The van der Waals surface area contributed by atoms with Gasteiger partial charge in [0.15, 0.2) is 0 Å². The van der Waals surface area contributed by atoms with E-state index in [0.717, 1.165) is 27.9 Å². The van der Waals surface area contributed by atoms with Crippen molar-refractivity contribution in [1.29, 1.82) is 0 Å². The monoisotopic (exact) mass is 308 g/mol. The van der Waals surface area contributed by atoms with E-state index in [2.05, 4.69) is 10.3 Å². The van der Waals surface area contributed by atoms with Gasteiger partial charge in [-0.3, -0.25) is 9.79 Å². The van der Waals surface area contributed by atoms with Crippen LogP contribution in [0.2, 0.25) is 0 Å². The first kappa shape index (κ1) is 15.0. The van der Waals surface area contributed by atoms with Gasteiger partial charge in [-0.2, -0.15) is 0 Å². The minimum atomic E-state index is -0.969. The number of aryl methyl sites for hydroxylation is 2. The van der Waals surface area contributed by atoms with Gasteiger partial charge in [0.05, 0.1) is 17.0 Å². The number of benzodiazepines with no additional fused rings is 1. The number of nitrogens with one attached hydrogen (secondary N) is 1. The molecule has 0 atom stereocenters. The highest BCUT2D eigenvalue weighted by Gasteiger charge is 2.19. The maximum absolute atomic E-state index is 11.9. The number of aliphatic imine (C=N–C) groups is 1. The van der Waals surface area contributed by atoms with Gasteiger partial charge in [0.2, 0.25) is 5.91 Å². The van der Waals surface area contributed by atoms with Crippen molar-refractivity contribution in [3.63, 3.8) is 0 Å². The molecule has 1 heterocycles. The zero-order chi connectivity index (χ0) is 16.6. The van der Waals surface area contributed by atoms with Crippen molar-refractivity contribution < 1.29 is 14.7 Å². The van der Waals surface area contributed by atoms with Crippen molar-refractivity contribution in [3.8, 4) is 0 Å². The van der Waals surface area contributed by atoms with Crippen LogP contribution in [-0.4, -0.2) is 29.2 Å². The van der Waals surface area contributed by atoms with E-state index >= 15 is 0 Å². The van der Waals surface area contributed by atoms with E-state index in [-0.39, 0.29) is 18.0 Å². The third-order valence-corrected chi connectivity index (χ3v) is 3.95. The van der Waals surface area contributed by atoms with E-state index < -0.39 is 5.97 Å². The summed E-state index contributed by atoms with van der Waals surface area (Å²) in [4.78, 5) is 27.3. The number of anilines is 1. The van der Waals surface area contributed by atoms with E-state index in [1.54, 1.807) is 24.3 Å². The van der Waals surface area contributed by atoms with Crippen molar-refractivity contribution in [1.82, 2.24) is 0 Å². The van der Waals surface area contributed by atoms with Crippen molar-refractivity contribution in [3.05, 3.63) is 64.2 Å². The van der Waals surface area contributed by atoms with Gasteiger partial charge in [-0.25, -0.2) is 4.79 Å². The Bertz CT molecular complexity index is 836. The summed E-state index contributed by atoms with van der Waals surface area (Å²) >= 11 is 0. The molecule has 0 bridgehead atoms. The predicted octanol–water partition coefficient (Wildman–Crippen LogP) is 2.79. The molecule has 0 saturated carbocycles. The van der Waals surface area contributed by atoms with Crippen molar-refractivity contribution >= 4 is 23.3 Å². The second-order valence-corrected chi connectivity index (χ2v) is 5.58. The number of carboxylic acids is 1. The Morgan fingerprint density at radius 2 is 1.78 bits per heavy atom. The van der Waals surface area contributed by atoms with Crippen LogP contribution in [0.1, 0.15) is 32.6 Å². The van der Waals surface area contributed by atoms with Gasteiger partial charge >= 0.3 is 5.97 Å². The first-order valence-corrected chi connectivity index (χ1v) is 7.25. The molecular weight excluding hydrogens is 292 g/mol. The molecule has 116 valence electrons. The predicted molar refractivity (Wildman–Crippen MR) is 88.5 cm³/mol. The van der Waals surface area contributed by atoms with E-state index in [9.17, 15) is 9.59 Å². The summed E-state index contributed by atoms with van der Waals surface area (Å²) in [7, 11) is 0. The lowest BCUT2D eigenvalue weighted by Gasteiger charge is -2.13. The maximum Gasteiger partial charge on any atom is 0.335 e. The zero-order valence-electron chi connectivity index (χ0n) is 12.9. The van der Waals surface area contributed by atoms with Gasteiger partial charge in [0, 0.05) is 11.1 Å². The van der Waals surface area contributed by atoms with Crippen LogP contribution < -0.4 is 5.32 Å². The molecule has 3 rings (SSSR count). The fourth-order valence-electron chi connectivity index (χ4n) is 2.56. The molecule has 0 radical (unpaired) electrons. The number of carbonyl (C=O) groups is 2. The van der Waals surface area contributed by atoms with Crippen LogP contribution in [0.3, 0.4) is 0 Å². The third-order valence-electron chi connectivity index (χ3n) is 3.95. The number of amides is 1. The average Bonchev–Trinajstić information content (AvgIpc) is 2.67. The number of hydrogen-bond donors (Lipinski definition) is 2. The van der Waals surface area contributed by atoms with E-state index in [1.165, 1.54) is 0 Å². The van der Waals surface area contributed by atoms with Gasteiger partial charge in [-0.05, 0) is 49.2 Å². The molecule has 23 heavy (non-hydrogen) atoms. The Hall–Kier alpha value is -2.95. The van der Waals surface area contributed by atoms with Crippen LogP contribution in [0.25, 0.3) is 0 Å². The van der Waals surface area contributed by atoms with Crippen LogP contribution in [0, 0.1) is 13.8 Å². The second-order valence-electron chi connectivity index (χ2n) is 5.58. The summed E-state index contributed by atoms with van der Waals surface area (Å²) < 4.78 is 0. The summed E-state index contributed by atoms with van der Waals surface area (Å²) in [6.07, 6.45) is 0. The molecular formula is C18H16N2O3. The molecule has 1 amide bonds. The van der Waals surface area contributed by atoms with E-state index in [1.807, 2.05) is 26.0 Å². The van der Waals surface area contributed by atoms with Gasteiger partial charge in [-0.1, -0.05) is 12.1 Å². The minimum Gasteiger partial charge on any atom is -0.478 e. The van der Waals surface area contributed by atoms with Crippen LogP contribution >= 0.6 is 0 Å². The first-order valence-electron chi connectivity index (χ1n) is 7.25. The molecule has 5 nitrogen and oxygen atoms in total. The largest absolute Gasteiger partial charge is 0.478 e. The Labute approximate surface area is 133 Å². The smallest absolute Gasteiger partial charge is 0.335 e. The molecule has 2 N–H and O–H groups in total. The van der Waals surface area contributed by atoms with Gasteiger partial charge in [0.25, 0.3) is 0 Å². The number of carboxylic acid groups (broad SMARTS) is 1. The standard InChI is InChI=1S/C18H16N2O3/c1-10-7-14-15(8-11(10)2)20-16(21)9-19-17(14)12-3-5-13(6-4-12)18(22)23/h3-8H,9H2,1-2H3,(H,20,21)(H,22,23). The Morgan fingerprint density at radius 3 is 2.43 bits per heavy atom. The molecule has 0 unspecified atom stereocenters. The molecule has 5 heteroatoms. The summed E-state index contributed by atoms with van der Waals surface area (Å²) in [5.74, 6) is -1.13. The van der Waals surface area contributed by atoms with Gasteiger partial charge in [-0.15, -0.1) is 0 Å². The lowest BCUT2D eigenvalue weighted by atomic mass is 9.96. The Kier molecular flexibility index (Phi) is 3.70. The quantitative estimate of drug-likeness (QED) is 0.895. The van der Waals surface area contributed by atoms with E-state index in [4.69, 9.17) is 5.11 Å². The summed E-state index contributed by atoms with van der Waals surface area (Å²) in [5.41, 5.74) is 5.48. The third kappa shape index (κ3) is 2.85. The first-order chi connectivity index (χ1) is 11.0.